The first-order valence-corrected chi connectivity index (χ1v) is 9.75. The molecule has 1 heterocycles. The number of fused-ring (bicyclic) bond motifs is 1. The fourth-order valence-electron chi connectivity index (χ4n) is 2.61. The van der Waals surface area contributed by atoms with Crippen LogP contribution in [0.5, 0.6) is 5.75 Å². The summed E-state index contributed by atoms with van der Waals surface area (Å²) in [5, 5.41) is 8.36. The van der Waals surface area contributed by atoms with Crippen molar-refractivity contribution in [1.82, 2.24) is 4.98 Å². The first kappa shape index (κ1) is 16.9. The predicted octanol–water partition coefficient (Wildman–Crippen LogP) is 1.93. The summed E-state index contributed by atoms with van der Waals surface area (Å²) in [5.74, 6) is -0.218. The first-order valence-electron chi connectivity index (χ1n) is 7.39. The first-order chi connectivity index (χ1) is 11.4. The molecule has 24 heavy (non-hydrogen) atoms. The van der Waals surface area contributed by atoms with Crippen LogP contribution in [0.4, 0.5) is 5.13 Å². The Bertz CT molecular complexity index is 867. The van der Waals surface area contributed by atoms with Crippen molar-refractivity contribution in [3.05, 3.63) is 34.3 Å². The molecule has 0 saturated heterocycles. The monoisotopic (exact) mass is 367 g/mol. The fraction of sp³-hybridized carbons (Fsp3) is 0.333. The third kappa shape index (κ3) is 3.42. The number of ether oxygens (including phenoxy) is 1. The number of nitrogens with two attached hydrogens (primary N) is 1. The molecule has 1 aromatic heterocycles. The quantitative estimate of drug-likeness (QED) is 0.858. The number of hydrogen-bond acceptors (Lipinski definition) is 6. The van der Waals surface area contributed by atoms with Crippen LogP contribution in [0.2, 0.25) is 0 Å². The molecule has 0 radical (unpaired) electrons. The average Bonchev–Trinajstić information content (AvgIpc) is 2.95. The van der Waals surface area contributed by atoms with Gasteiger partial charge in [-0.2, -0.15) is 0 Å². The summed E-state index contributed by atoms with van der Waals surface area (Å²) in [4.78, 5) is 18.0. The Kier molecular flexibility index (Phi) is 4.57. The standard InChI is InChI=1S/C15H17N3O4S2/c1-22-12-7-6-9(24(16,20)21)8-10(12)14(19)18-15-17-11-4-2-3-5-13(11)23-15/h6-8H,2-5H2,1H3,(H2,16,20,21)(H,17,18,19). The van der Waals surface area contributed by atoms with Gasteiger partial charge in [0.05, 0.1) is 23.3 Å². The number of nitrogens with zero attached hydrogens (tertiary/aromatic N) is 1. The van der Waals surface area contributed by atoms with Crippen LogP contribution in [0.15, 0.2) is 23.1 Å². The number of aryl methyl sites for hydroxylation is 2. The van der Waals surface area contributed by atoms with Gasteiger partial charge in [-0.25, -0.2) is 18.5 Å². The second-order valence-electron chi connectivity index (χ2n) is 5.46. The predicted molar refractivity (Wildman–Crippen MR) is 91.1 cm³/mol. The van der Waals surface area contributed by atoms with E-state index in [-0.39, 0.29) is 16.2 Å². The maximum Gasteiger partial charge on any atom is 0.261 e. The van der Waals surface area contributed by atoms with Crippen molar-refractivity contribution in [3.8, 4) is 5.75 Å². The number of rotatable bonds is 4. The molecular weight excluding hydrogens is 350 g/mol. The number of aromatic nitrogens is 1. The van der Waals surface area contributed by atoms with E-state index in [9.17, 15) is 13.2 Å². The van der Waals surface area contributed by atoms with Gasteiger partial charge in [0.15, 0.2) is 5.13 Å². The molecule has 0 fully saturated rings. The van der Waals surface area contributed by atoms with Crippen molar-refractivity contribution < 1.29 is 17.9 Å². The van der Waals surface area contributed by atoms with E-state index in [1.807, 2.05) is 0 Å². The summed E-state index contributed by atoms with van der Waals surface area (Å²) in [6.45, 7) is 0. The number of thiazole rings is 1. The number of hydrogen-bond donors (Lipinski definition) is 2. The molecular formula is C15H17N3O4S2. The number of anilines is 1. The minimum Gasteiger partial charge on any atom is -0.496 e. The molecule has 1 aliphatic rings. The number of carbonyl (C=O) groups excluding carboxylic acids is 1. The Morgan fingerprint density at radius 1 is 1.33 bits per heavy atom. The summed E-state index contributed by atoms with van der Waals surface area (Å²) < 4.78 is 28.1. The van der Waals surface area contributed by atoms with E-state index in [0.29, 0.717) is 5.13 Å². The van der Waals surface area contributed by atoms with Gasteiger partial charge >= 0.3 is 0 Å². The highest BCUT2D eigenvalue weighted by molar-refractivity contribution is 7.89. The van der Waals surface area contributed by atoms with E-state index in [1.165, 1.54) is 41.5 Å². The maximum absolute atomic E-state index is 12.5. The minimum absolute atomic E-state index is 0.0946. The van der Waals surface area contributed by atoms with Crippen LogP contribution in [0, 0.1) is 0 Å². The topological polar surface area (TPSA) is 111 Å². The van der Waals surface area contributed by atoms with Gasteiger partial charge in [0.2, 0.25) is 10.0 Å². The summed E-state index contributed by atoms with van der Waals surface area (Å²) in [5.41, 5.74) is 1.13. The van der Waals surface area contributed by atoms with Crippen molar-refractivity contribution in [2.75, 3.05) is 12.4 Å². The number of sulfonamides is 1. The van der Waals surface area contributed by atoms with Gasteiger partial charge in [-0.3, -0.25) is 10.1 Å². The average molecular weight is 367 g/mol. The van der Waals surface area contributed by atoms with E-state index < -0.39 is 15.9 Å². The van der Waals surface area contributed by atoms with Gasteiger partial charge in [-0.15, -0.1) is 11.3 Å². The van der Waals surface area contributed by atoms with Gasteiger partial charge < -0.3 is 4.74 Å². The summed E-state index contributed by atoms with van der Waals surface area (Å²) in [6, 6.07) is 3.91. The van der Waals surface area contributed by atoms with Gasteiger partial charge in [0, 0.05) is 4.88 Å². The second-order valence-corrected chi connectivity index (χ2v) is 8.10. The van der Waals surface area contributed by atoms with Crippen LogP contribution in [0.25, 0.3) is 0 Å². The second kappa shape index (κ2) is 6.50. The summed E-state index contributed by atoms with van der Waals surface area (Å²) >= 11 is 1.45. The molecule has 1 aromatic carbocycles. The molecule has 0 bridgehead atoms. The highest BCUT2D eigenvalue weighted by atomic mass is 32.2. The Balaban J connectivity index is 1.90. The summed E-state index contributed by atoms with van der Waals surface area (Å²) in [7, 11) is -2.50. The van der Waals surface area contributed by atoms with Crippen molar-refractivity contribution in [2.45, 2.75) is 30.6 Å². The molecule has 0 atom stereocenters. The number of nitrogens with one attached hydrogen (secondary N) is 1. The largest absolute Gasteiger partial charge is 0.496 e. The van der Waals surface area contributed by atoms with Crippen LogP contribution < -0.4 is 15.2 Å². The molecule has 0 aliphatic heterocycles. The van der Waals surface area contributed by atoms with Crippen LogP contribution >= 0.6 is 11.3 Å². The lowest BCUT2D eigenvalue weighted by molar-refractivity contribution is 0.102. The van der Waals surface area contributed by atoms with Crippen LogP contribution in [0.3, 0.4) is 0 Å². The van der Waals surface area contributed by atoms with E-state index in [0.717, 1.165) is 31.4 Å². The molecule has 1 aliphatic carbocycles. The fourth-order valence-corrected chi connectivity index (χ4v) is 4.20. The lowest BCUT2D eigenvalue weighted by Crippen LogP contribution is -2.16. The molecule has 0 saturated carbocycles. The number of benzene rings is 1. The van der Waals surface area contributed by atoms with E-state index in [2.05, 4.69) is 10.3 Å². The van der Waals surface area contributed by atoms with Crippen LogP contribution in [-0.2, 0) is 22.9 Å². The van der Waals surface area contributed by atoms with Crippen molar-refractivity contribution in [2.24, 2.45) is 5.14 Å². The van der Waals surface area contributed by atoms with Crippen molar-refractivity contribution >= 4 is 32.4 Å². The molecule has 0 spiro atoms. The molecule has 128 valence electrons. The van der Waals surface area contributed by atoms with E-state index >= 15 is 0 Å². The number of primary sulfonamides is 1. The van der Waals surface area contributed by atoms with Crippen molar-refractivity contribution in [1.29, 1.82) is 0 Å². The third-order valence-electron chi connectivity index (χ3n) is 3.81. The Hall–Kier alpha value is -1.97. The van der Waals surface area contributed by atoms with Crippen molar-refractivity contribution in [3.63, 3.8) is 0 Å². The number of methoxy groups -OCH3 is 1. The van der Waals surface area contributed by atoms with Crippen LogP contribution in [-0.4, -0.2) is 26.4 Å². The molecule has 9 heteroatoms. The highest BCUT2D eigenvalue weighted by Crippen LogP contribution is 2.30. The van der Waals surface area contributed by atoms with E-state index in [4.69, 9.17) is 9.88 Å². The number of amides is 1. The SMILES string of the molecule is COc1ccc(S(N)(=O)=O)cc1C(=O)Nc1nc2c(s1)CCCC2. The lowest BCUT2D eigenvalue weighted by atomic mass is 10.0. The third-order valence-corrected chi connectivity index (χ3v) is 5.79. The zero-order valence-corrected chi connectivity index (χ0v) is 14.7. The maximum atomic E-state index is 12.5. The van der Waals surface area contributed by atoms with E-state index in [1.54, 1.807) is 0 Å². The minimum atomic E-state index is -3.91. The van der Waals surface area contributed by atoms with Gasteiger partial charge in [-0.05, 0) is 43.9 Å². The molecule has 3 rings (SSSR count). The Morgan fingerprint density at radius 3 is 2.75 bits per heavy atom. The normalized spacial score (nSPS) is 14.1. The lowest BCUT2D eigenvalue weighted by Gasteiger charge is -2.09. The summed E-state index contributed by atoms with van der Waals surface area (Å²) in [6.07, 6.45) is 4.14. The smallest absolute Gasteiger partial charge is 0.261 e. The van der Waals surface area contributed by atoms with Gasteiger partial charge in [0.1, 0.15) is 5.75 Å². The number of carbonyl (C=O) groups is 1. The zero-order valence-electron chi connectivity index (χ0n) is 13.0. The molecule has 2 aromatic rings. The molecule has 3 N–H and O–H groups in total. The zero-order chi connectivity index (χ0) is 17.3. The van der Waals surface area contributed by atoms with Gasteiger partial charge in [-0.1, -0.05) is 0 Å². The van der Waals surface area contributed by atoms with Crippen LogP contribution in [0.1, 0.15) is 33.8 Å². The van der Waals surface area contributed by atoms with Gasteiger partial charge in [0.25, 0.3) is 5.91 Å². The molecule has 1 amide bonds. The molecule has 0 unspecified atom stereocenters. The molecule has 7 nitrogen and oxygen atoms in total. The Labute approximate surface area is 143 Å². The highest BCUT2D eigenvalue weighted by Gasteiger charge is 2.20. The Morgan fingerprint density at radius 2 is 2.08 bits per heavy atom.